The van der Waals surface area contributed by atoms with Crippen molar-refractivity contribution in [3.8, 4) is 0 Å². The Morgan fingerprint density at radius 3 is 2.40 bits per heavy atom. The van der Waals surface area contributed by atoms with Crippen LogP contribution in [0.3, 0.4) is 0 Å². The molecule has 5 fully saturated rings. The third-order valence-electron chi connectivity index (χ3n) is 14.1. The molecule has 0 saturated heterocycles. The summed E-state index contributed by atoms with van der Waals surface area (Å²) >= 11 is 0. The summed E-state index contributed by atoms with van der Waals surface area (Å²) in [6.45, 7) is 18.7. The predicted molar refractivity (Wildman–Crippen MR) is 158 cm³/mol. The molecule has 5 unspecified atom stereocenters. The topological polar surface area (TPSA) is 56.5 Å². The Labute approximate surface area is 241 Å². The Kier molecular flexibility index (Phi) is 6.27. The van der Waals surface area contributed by atoms with E-state index in [1.54, 1.807) is 13.4 Å². The molecule has 1 aromatic rings. The number of carbonyl (C=O) groups is 2. The van der Waals surface area contributed by atoms with E-state index in [9.17, 15) is 9.59 Å². The van der Waals surface area contributed by atoms with Crippen molar-refractivity contribution in [1.29, 1.82) is 0 Å². The van der Waals surface area contributed by atoms with Gasteiger partial charge in [0.15, 0.2) is 5.78 Å². The maximum absolute atomic E-state index is 13.9. The average molecular weight is 547 g/mol. The minimum absolute atomic E-state index is 0.0199. The number of esters is 1. The van der Waals surface area contributed by atoms with Crippen LogP contribution in [0.5, 0.6) is 0 Å². The van der Waals surface area contributed by atoms with Crippen LogP contribution in [-0.2, 0) is 14.3 Å². The van der Waals surface area contributed by atoms with Gasteiger partial charge in [-0.25, -0.2) is 0 Å². The SMILES string of the molecule is C=C(C)[C@@H]1CCC2(C(=O)OC)CC[C@]3(C)C(CCC4[C@@]5(C)CC(=Cc6ccco6)C(=O)C(C)(C)C5CC[C@]43C)C12. The predicted octanol–water partition coefficient (Wildman–Crippen LogP) is 8.67. The molecule has 0 radical (unpaired) electrons. The molecule has 5 aliphatic carbocycles. The van der Waals surface area contributed by atoms with E-state index in [-0.39, 0.29) is 27.6 Å². The molecule has 1 aromatic heterocycles. The average Bonchev–Trinajstić information content (AvgIpc) is 3.55. The zero-order valence-electron chi connectivity index (χ0n) is 25.9. The van der Waals surface area contributed by atoms with Gasteiger partial charge in [-0.15, -0.1) is 0 Å². The minimum Gasteiger partial charge on any atom is -0.469 e. The molecule has 9 atom stereocenters. The summed E-state index contributed by atoms with van der Waals surface area (Å²) in [6.07, 6.45) is 13.1. The van der Waals surface area contributed by atoms with E-state index in [2.05, 4.69) is 48.1 Å². The highest BCUT2D eigenvalue weighted by atomic mass is 16.5. The van der Waals surface area contributed by atoms with E-state index in [4.69, 9.17) is 9.15 Å². The molecule has 40 heavy (non-hydrogen) atoms. The highest BCUT2D eigenvalue weighted by Crippen LogP contribution is 2.77. The van der Waals surface area contributed by atoms with Gasteiger partial charge in [0, 0.05) is 5.41 Å². The molecule has 4 heteroatoms. The number of methoxy groups -OCH3 is 1. The lowest BCUT2D eigenvalue weighted by molar-refractivity contribution is -0.232. The summed E-state index contributed by atoms with van der Waals surface area (Å²) in [6, 6.07) is 3.85. The molecular formula is C36H50O4. The van der Waals surface area contributed by atoms with Crippen molar-refractivity contribution in [3.63, 3.8) is 0 Å². The van der Waals surface area contributed by atoms with Crippen LogP contribution >= 0.6 is 0 Å². The van der Waals surface area contributed by atoms with Gasteiger partial charge >= 0.3 is 5.97 Å². The molecule has 0 bridgehead atoms. The summed E-state index contributed by atoms with van der Waals surface area (Å²) in [5.74, 6) is 3.19. The monoisotopic (exact) mass is 546 g/mol. The molecule has 5 saturated carbocycles. The lowest BCUT2D eigenvalue weighted by Crippen LogP contribution is -2.67. The van der Waals surface area contributed by atoms with Crippen LogP contribution in [0.4, 0.5) is 0 Å². The second-order valence-corrected chi connectivity index (χ2v) is 15.7. The first kappa shape index (κ1) is 28.0. The maximum Gasteiger partial charge on any atom is 0.312 e. The third kappa shape index (κ3) is 3.43. The van der Waals surface area contributed by atoms with E-state index in [1.807, 2.05) is 18.2 Å². The van der Waals surface area contributed by atoms with Gasteiger partial charge in [0.1, 0.15) is 5.76 Å². The third-order valence-corrected chi connectivity index (χ3v) is 14.1. The lowest BCUT2D eigenvalue weighted by atomic mass is 9.32. The molecule has 0 aliphatic heterocycles. The fourth-order valence-corrected chi connectivity index (χ4v) is 12.2. The second kappa shape index (κ2) is 8.95. The van der Waals surface area contributed by atoms with Crippen molar-refractivity contribution in [1.82, 2.24) is 0 Å². The van der Waals surface area contributed by atoms with Crippen molar-refractivity contribution >= 4 is 17.8 Å². The Hall–Kier alpha value is -2.10. The number of fused-ring (bicyclic) bond motifs is 7. The van der Waals surface area contributed by atoms with Crippen LogP contribution < -0.4 is 0 Å². The van der Waals surface area contributed by atoms with Crippen LogP contribution in [0.15, 0.2) is 40.5 Å². The number of rotatable bonds is 3. The first-order chi connectivity index (χ1) is 18.8. The second-order valence-electron chi connectivity index (χ2n) is 15.7. The van der Waals surface area contributed by atoms with E-state index in [0.29, 0.717) is 35.4 Å². The van der Waals surface area contributed by atoms with E-state index >= 15 is 0 Å². The van der Waals surface area contributed by atoms with Crippen LogP contribution in [0.2, 0.25) is 0 Å². The highest BCUT2D eigenvalue weighted by Gasteiger charge is 2.72. The van der Waals surface area contributed by atoms with Crippen molar-refractivity contribution < 1.29 is 18.7 Å². The number of Topliss-reactive ketones (excluding diaryl/α,β-unsaturated/α-hetero) is 1. The number of furan rings is 1. The summed E-state index contributed by atoms with van der Waals surface area (Å²) in [4.78, 5) is 27.4. The summed E-state index contributed by atoms with van der Waals surface area (Å²) in [5, 5.41) is 0. The zero-order valence-corrected chi connectivity index (χ0v) is 25.9. The molecule has 0 N–H and O–H groups in total. The molecular weight excluding hydrogens is 496 g/mol. The smallest absolute Gasteiger partial charge is 0.312 e. The zero-order chi connectivity index (χ0) is 28.9. The Balaban J connectivity index is 1.42. The number of hydrogen-bond donors (Lipinski definition) is 0. The van der Waals surface area contributed by atoms with Crippen LogP contribution in [0.1, 0.15) is 105 Å². The fraction of sp³-hybridized carbons (Fsp3) is 0.722. The molecule has 0 spiro atoms. The summed E-state index contributed by atoms with van der Waals surface area (Å²) in [7, 11) is 1.58. The van der Waals surface area contributed by atoms with E-state index < -0.39 is 5.41 Å². The van der Waals surface area contributed by atoms with Crippen LogP contribution in [-0.4, -0.2) is 18.9 Å². The maximum atomic E-state index is 13.9. The number of hydrogen-bond acceptors (Lipinski definition) is 4. The number of ether oxygens (including phenoxy) is 1. The van der Waals surface area contributed by atoms with Crippen LogP contribution in [0, 0.1) is 56.7 Å². The molecule has 6 rings (SSSR count). The molecule has 5 aliphatic rings. The number of allylic oxidation sites excluding steroid dienone is 2. The van der Waals surface area contributed by atoms with E-state index in [0.717, 1.165) is 62.7 Å². The standard InChI is InChI=1S/C36H50O4/c1-22(2)25-13-16-36(31(38)39-8)18-17-34(6)26(29(25)36)11-12-28-33(5)21-23(20-24-10-9-19-40-24)30(37)32(3,4)27(33)14-15-35(28,34)7/h9-10,19-20,25-29H,1,11-18,21H2,2-8H3/t25-,26?,27?,28?,29?,33-,34+,35+,36?/m0/s1. The van der Waals surface area contributed by atoms with E-state index in [1.165, 1.54) is 12.0 Å². The van der Waals surface area contributed by atoms with Gasteiger partial charge in [0.25, 0.3) is 0 Å². The Morgan fingerprint density at radius 2 is 1.75 bits per heavy atom. The quantitative estimate of drug-likeness (QED) is 0.216. The van der Waals surface area contributed by atoms with Gasteiger partial charge in [-0.2, -0.15) is 0 Å². The van der Waals surface area contributed by atoms with Crippen molar-refractivity contribution in [3.05, 3.63) is 41.9 Å². The van der Waals surface area contributed by atoms with Gasteiger partial charge < -0.3 is 9.15 Å². The molecule has 0 aromatic carbocycles. The van der Waals surface area contributed by atoms with Crippen molar-refractivity contribution in [2.75, 3.05) is 7.11 Å². The first-order valence-corrected chi connectivity index (χ1v) is 15.8. The van der Waals surface area contributed by atoms with Gasteiger partial charge in [-0.1, -0.05) is 46.8 Å². The highest BCUT2D eigenvalue weighted by molar-refractivity contribution is 6.04. The molecule has 0 amide bonds. The Morgan fingerprint density at radius 1 is 1.00 bits per heavy atom. The Bertz CT molecular complexity index is 1250. The summed E-state index contributed by atoms with van der Waals surface area (Å²) in [5.41, 5.74) is 1.75. The minimum atomic E-state index is -0.395. The fourth-order valence-electron chi connectivity index (χ4n) is 12.2. The molecule has 4 nitrogen and oxygen atoms in total. The van der Waals surface area contributed by atoms with Crippen LogP contribution in [0.25, 0.3) is 6.08 Å². The largest absolute Gasteiger partial charge is 0.469 e. The molecule has 218 valence electrons. The van der Waals surface area contributed by atoms with Gasteiger partial charge in [0.05, 0.1) is 18.8 Å². The van der Waals surface area contributed by atoms with Crippen molar-refractivity contribution in [2.45, 2.75) is 99.3 Å². The van der Waals surface area contributed by atoms with Gasteiger partial charge in [-0.05, 0) is 134 Å². The summed E-state index contributed by atoms with van der Waals surface area (Å²) < 4.78 is 11.2. The normalized spacial score (nSPS) is 46.6. The lowest BCUT2D eigenvalue weighted by Gasteiger charge is -2.72. The number of ketones is 1. The first-order valence-electron chi connectivity index (χ1n) is 15.8. The molecule has 1 heterocycles. The van der Waals surface area contributed by atoms with Gasteiger partial charge in [0.2, 0.25) is 0 Å². The van der Waals surface area contributed by atoms with Gasteiger partial charge in [-0.3, -0.25) is 9.59 Å². The van der Waals surface area contributed by atoms with Crippen molar-refractivity contribution in [2.24, 2.45) is 56.7 Å². The number of carbonyl (C=O) groups excluding carboxylic acids is 2.